The molecule has 144 valence electrons. The quantitative estimate of drug-likeness (QED) is 0.742. The normalized spacial score (nSPS) is 16.1. The number of aliphatic imine (C=N–C) groups is 1. The van der Waals surface area contributed by atoms with Gasteiger partial charge in [-0.2, -0.15) is 0 Å². The molecule has 0 radical (unpaired) electrons. The van der Waals surface area contributed by atoms with Gasteiger partial charge in [0.2, 0.25) is 5.96 Å². The number of aryl methyl sites for hydroxylation is 1. The fourth-order valence-corrected chi connectivity index (χ4v) is 2.79. The molecular weight excluding hydrogens is 366 g/mol. The second-order valence-electron chi connectivity index (χ2n) is 6.27. The summed E-state index contributed by atoms with van der Waals surface area (Å²) in [5.41, 5.74) is 3.10. The molecule has 0 spiro atoms. The Bertz CT molecular complexity index is 781. The molecule has 1 heterocycles. The first-order chi connectivity index (χ1) is 13.2. The number of nitrogens with zero attached hydrogens (tertiary/aromatic N) is 2. The van der Waals surface area contributed by atoms with Crippen LogP contribution in [0, 0.1) is 6.92 Å². The summed E-state index contributed by atoms with van der Waals surface area (Å²) in [5, 5.41) is 3.67. The van der Waals surface area contributed by atoms with Crippen molar-refractivity contribution in [1.29, 1.82) is 0 Å². The molecular formula is C20H24ClN3O3. The van der Waals surface area contributed by atoms with Crippen LogP contribution < -0.4 is 10.1 Å². The molecule has 7 heteroatoms. The van der Waals surface area contributed by atoms with Crippen LogP contribution in [0.2, 0.25) is 5.02 Å². The van der Waals surface area contributed by atoms with Crippen LogP contribution in [-0.2, 0) is 16.3 Å². The lowest BCUT2D eigenvalue weighted by atomic mass is 10.1. The van der Waals surface area contributed by atoms with Crippen LogP contribution in [-0.4, -0.2) is 30.9 Å². The topological polar surface area (TPSA) is 55.3 Å². The molecule has 0 bridgehead atoms. The lowest BCUT2D eigenvalue weighted by Crippen LogP contribution is -2.39. The molecule has 2 aromatic rings. The van der Waals surface area contributed by atoms with Gasteiger partial charge in [0.1, 0.15) is 5.75 Å². The van der Waals surface area contributed by atoms with Gasteiger partial charge in [0.05, 0.1) is 17.3 Å². The highest BCUT2D eigenvalue weighted by atomic mass is 35.5. The minimum Gasteiger partial charge on any atom is -0.492 e. The maximum Gasteiger partial charge on any atom is 0.203 e. The van der Waals surface area contributed by atoms with Gasteiger partial charge in [0.15, 0.2) is 13.5 Å². The van der Waals surface area contributed by atoms with Gasteiger partial charge in [0, 0.05) is 6.54 Å². The van der Waals surface area contributed by atoms with Crippen molar-refractivity contribution in [1.82, 2.24) is 10.2 Å². The van der Waals surface area contributed by atoms with Crippen LogP contribution in [0.15, 0.2) is 47.5 Å². The summed E-state index contributed by atoms with van der Waals surface area (Å²) >= 11 is 6.32. The van der Waals surface area contributed by atoms with Crippen molar-refractivity contribution in [3.63, 3.8) is 0 Å². The van der Waals surface area contributed by atoms with Crippen LogP contribution >= 0.6 is 11.6 Å². The van der Waals surface area contributed by atoms with Gasteiger partial charge in [-0.25, -0.2) is 14.8 Å². The Morgan fingerprint density at radius 2 is 2.00 bits per heavy atom. The number of rotatable bonds is 6. The molecule has 0 aliphatic carbocycles. The monoisotopic (exact) mass is 389 g/mol. The Morgan fingerprint density at radius 3 is 2.74 bits per heavy atom. The van der Waals surface area contributed by atoms with Crippen LogP contribution in [0.1, 0.15) is 24.5 Å². The first-order valence-corrected chi connectivity index (χ1v) is 9.33. The summed E-state index contributed by atoms with van der Waals surface area (Å²) in [6, 6.07) is 13.9. The largest absolute Gasteiger partial charge is 0.492 e. The van der Waals surface area contributed by atoms with E-state index in [-0.39, 0.29) is 13.5 Å². The number of halogens is 1. The molecule has 1 saturated heterocycles. The highest BCUT2D eigenvalue weighted by molar-refractivity contribution is 6.32. The smallest absolute Gasteiger partial charge is 0.203 e. The zero-order chi connectivity index (χ0) is 19.1. The van der Waals surface area contributed by atoms with E-state index >= 15 is 0 Å². The van der Waals surface area contributed by atoms with E-state index < -0.39 is 0 Å². The SMILES string of the molecule is CCCOc1ccc(/N=C2\NCOOCN2Cc2ccc(C)cc2)cc1Cl. The number of hydrogen-bond acceptors (Lipinski definition) is 4. The fourth-order valence-electron chi connectivity index (χ4n) is 2.56. The maximum atomic E-state index is 6.32. The van der Waals surface area contributed by atoms with E-state index in [1.807, 2.05) is 17.0 Å². The van der Waals surface area contributed by atoms with Gasteiger partial charge in [-0.15, -0.1) is 0 Å². The molecule has 27 heavy (non-hydrogen) atoms. The highest BCUT2D eigenvalue weighted by Gasteiger charge is 2.16. The standard InChI is InChI=1S/C20H24ClN3O3/c1-3-10-25-19-9-8-17(11-18(19)21)23-20-22-13-26-27-14-24(20)12-16-6-4-15(2)5-7-16/h4-9,11H,3,10,12-14H2,1-2H3,(H,22,23). The Hall–Kier alpha value is -2.28. The van der Waals surface area contributed by atoms with E-state index in [1.165, 1.54) is 5.56 Å². The van der Waals surface area contributed by atoms with Gasteiger partial charge >= 0.3 is 0 Å². The molecule has 3 rings (SSSR count). The first kappa shape index (κ1) is 19.5. The Labute approximate surface area is 164 Å². The number of guanidine groups is 1. The van der Waals surface area contributed by atoms with Crippen molar-refractivity contribution in [2.75, 3.05) is 20.1 Å². The molecule has 0 atom stereocenters. The lowest BCUT2D eigenvalue weighted by molar-refractivity contribution is -0.305. The van der Waals surface area contributed by atoms with Crippen molar-refractivity contribution >= 4 is 23.2 Å². The minimum atomic E-state index is 0.217. The van der Waals surface area contributed by atoms with Crippen molar-refractivity contribution in [2.24, 2.45) is 4.99 Å². The zero-order valence-corrected chi connectivity index (χ0v) is 16.3. The number of nitrogens with one attached hydrogen (secondary N) is 1. The first-order valence-electron chi connectivity index (χ1n) is 8.95. The fraction of sp³-hybridized carbons (Fsp3) is 0.350. The van der Waals surface area contributed by atoms with Gasteiger partial charge in [-0.1, -0.05) is 48.4 Å². The molecule has 0 unspecified atom stereocenters. The second-order valence-corrected chi connectivity index (χ2v) is 6.68. The van der Waals surface area contributed by atoms with E-state index in [0.29, 0.717) is 29.9 Å². The van der Waals surface area contributed by atoms with Crippen molar-refractivity contribution in [2.45, 2.75) is 26.8 Å². The average molecular weight is 390 g/mol. The van der Waals surface area contributed by atoms with Gasteiger partial charge in [0.25, 0.3) is 0 Å². The summed E-state index contributed by atoms with van der Waals surface area (Å²) in [6.07, 6.45) is 0.929. The number of ether oxygens (including phenoxy) is 1. The molecule has 1 aliphatic heterocycles. The van der Waals surface area contributed by atoms with Crippen molar-refractivity contribution in [3.05, 3.63) is 58.6 Å². The molecule has 6 nitrogen and oxygen atoms in total. The number of hydrogen-bond donors (Lipinski definition) is 1. The third kappa shape index (κ3) is 5.60. The predicted molar refractivity (Wildman–Crippen MR) is 106 cm³/mol. The highest BCUT2D eigenvalue weighted by Crippen LogP contribution is 2.29. The molecule has 1 fully saturated rings. The average Bonchev–Trinajstić information content (AvgIpc) is 2.88. The summed E-state index contributed by atoms with van der Waals surface area (Å²) in [4.78, 5) is 16.9. The third-order valence-corrected chi connectivity index (χ3v) is 4.28. The van der Waals surface area contributed by atoms with Gasteiger partial charge in [-0.3, -0.25) is 0 Å². The summed E-state index contributed by atoms with van der Waals surface area (Å²) in [5.74, 6) is 1.32. The van der Waals surface area contributed by atoms with Crippen molar-refractivity contribution < 1.29 is 14.5 Å². The molecule has 0 saturated carbocycles. The van der Waals surface area contributed by atoms with Crippen LogP contribution in [0.25, 0.3) is 0 Å². The molecule has 1 N–H and O–H groups in total. The van der Waals surface area contributed by atoms with Crippen molar-refractivity contribution in [3.8, 4) is 5.75 Å². The number of benzene rings is 2. The third-order valence-electron chi connectivity index (χ3n) is 3.99. The lowest BCUT2D eigenvalue weighted by Gasteiger charge is -2.22. The Kier molecular flexibility index (Phi) is 6.92. The molecule has 0 amide bonds. The molecule has 2 aromatic carbocycles. The Balaban J connectivity index is 1.79. The predicted octanol–water partition coefficient (Wildman–Crippen LogP) is 4.39. The zero-order valence-electron chi connectivity index (χ0n) is 15.6. The summed E-state index contributed by atoms with van der Waals surface area (Å²) < 4.78 is 5.61. The second kappa shape index (κ2) is 9.60. The van der Waals surface area contributed by atoms with Gasteiger partial charge < -0.3 is 15.0 Å². The molecule has 1 aliphatic rings. The maximum absolute atomic E-state index is 6.32. The summed E-state index contributed by atoms with van der Waals surface area (Å²) in [6.45, 7) is 5.88. The van der Waals surface area contributed by atoms with E-state index in [1.54, 1.807) is 6.07 Å². The van der Waals surface area contributed by atoms with E-state index in [2.05, 4.69) is 48.4 Å². The Morgan fingerprint density at radius 1 is 1.19 bits per heavy atom. The van der Waals surface area contributed by atoms with Crippen LogP contribution in [0.4, 0.5) is 5.69 Å². The van der Waals surface area contributed by atoms with E-state index in [0.717, 1.165) is 17.7 Å². The minimum absolute atomic E-state index is 0.217. The molecule has 0 aromatic heterocycles. The summed E-state index contributed by atoms with van der Waals surface area (Å²) in [7, 11) is 0. The van der Waals surface area contributed by atoms with Gasteiger partial charge in [-0.05, 0) is 37.1 Å². The van der Waals surface area contributed by atoms with E-state index in [4.69, 9.17) is 26.1 Å². The van der Waals surface area contributed by atoms with Crippen LogP contribution in [0.5, 0.6) is 5.75 Å². The van der Waals surface area contributed by atoms with E-state index in [9.17, 15) is 0 Å². The van der Waals surface area contributed by atoms with Crippen LogP contribution in [0.3, 0.4) is 0 Å².